The molecule has 1 atom stereocenters. The molecule has 96 valence electrons. The number of anilines is 1. The molecule has 0 radical (unpaired) electrons. The SMILES string of the molecule is Cc1cc(C)c(NC(=O)[C@H]2CC=CCC2)c(C)c1. The number of amides is 1. The van der Waals surface area contributed by atoms with Crippen molar-refractivity contribution in [3.63, 3.8) is 0 Å². The molecule has 1 N–H and O–H groups in total. The van der Waals surface area contributed by atoms with Gasteiger partial charge in [0.2, 0.25) is 5.91 Å². The fourth-order valence-corrected chi connectivity index (χ4v) is 2.63. The van der Waals surface area contributed by atoms with Crippen molar-refractivity contribution >= 4 is 11.6 Å². The summed E-state index contributed by atoms with van der Waals surface area (Å²) in [5, 5.41) is 3.10. The van der Waals surface area contributed by atoms with Crippen molar-refractivity contribution in [2.45, 2.75) is 40.0 Å². The van der Waals surface area contributed by atoms with Crippen LogP contribution in [0.2, 0.25) is 0 Å². The highest BCUT2D eigenvalue weighted by Crippen LogP contribution is 2.25. The highest BCUT2D eigenvalue weighted by atomic mass is 16.1. The molecule has 0 saturated heterocycles. The van der Waals surface area contributed by atoms with E-state index >= 15 is 0 Å². The number of nitrogens with one attached hydrogen (secondary N) is 1. The van der Waals surface area contributed by atoms with Crippen LogP contribution >= 0.6 is 0 Å². The summed E-state index contributed by atoms with van der Waals surface area (Å²) in [6.45, 7) is 6.18. The maximum Gasteiger partial charge on any atom is 0.227 e. The normalized spacial score (nSPS) is 18.7. The molecular weight excluding hydrogens is 222 g/mol. The molecule has 1 amide bonds. The quantitative estimate of drug-likeness (QED) is 0.784. The summed E-state index contributed by atoms with van der Waals surface area (Å²) < 4.78 is 0. The molecule has 18 heavy (non-hydrogen) atoms. The number of carbonyl (C=O) groups is 1. The number of rotatable bonds is 2. The Balaban J connectivity index is 2.14. The fourth-order valence-electron chi connectivity index (χ4n) is 2.63. The van der Waals surface area contributed by atoms with Crippen LogP contribution in [-0.2, 0) is 4.79 Å². The standard InChI is InChI=1S/C16H21NO/c1-11-9-12(2)15(13(3)10-11)17-16(18)14-7-5-4-6-8-14/h4-5,9-10,14H,6-8H2,1-3H3,(H,17,18)/t14-/m0/s1. The Morgan fingerprint density at radius 2 is 1.83 bits per heavy atom. The van der Waals surface area contributed by atoms with Gasteiger partial charge in [0, 0.05) is 11.6 Å². The summed E-state index contributed by atoms with van der Waals surface area (Å²) in [6, 6.07) is 4.23. The van der Waals surface area contributed by atoms with E-state index in [0.717, 1.165) is 36.1 Å². The smallest absolute Gasteiger partial charge is 0.227 e. The van der Waals surface area contributed by atoms with Crippen LogP contribution in [0, 0.1) is 26.7 Å². The van der Waals surface area contributed by atoms with Crippen molar-refractivity contribution < 1.29 is 4.79 Å². The Labute approximate surface area is 109 Å². The largest absolute Gasteiger partial charge is 0.325 e. The molecule has 1 aliphatic rings. The Bertz CT molecular complexity index is 465. The lowest BCUT2D eigenvalue weighted by Gasteiger charge is -2.19. The van der Waals surface area contributed by atoms with Gasteiger partial charge >= 0.3 is 0 Å². The van der Waals surface area contributed by atoms with E-state index in [1.54, 1.807) is 0 Å². The number of allylic oxidation sites excluding steroid dienone is 2. The van der Waals surface area contributed by atoms with Crippen LogP contribution in [0.5, 0.6) is 0 Å². The maximum absolute atomic E-state index is 12.2. The predicted molar refractivity (Wildman–Crippen MR) is 75.8 cm³/mol. The molecule has 1 aromatic rings. The molecule has 0 saturated carbocycles. The van der Waals surface area contributed by atoms with E-state index in [2.05, 4.69) is 50.4 Å². The molecule has 0 unspecified atom stereocenters. The first kappa shape index (κ1) is 12.9. The second-order valence-electron chi connectivity index (χ2n) is 5.24. The van der Waals surface area contributed by atoms with E-state index in [4.69, 9.17) is 0 Å². The summed E-state index contributed by atoms with van der Waals surface area (Å²) in [5.41, 5.74) is 4.52. The Hall–Kier alpha value is -1.57. The Kier molecular flexibility index (Phi) is 3.85. The molecule has 1 aliphatic carbocycles. The minimum absolute atomic E-state index is 0.134. The van der Waals surface area contributed by atoms with E-state index in [1.165, 1.54) is 5.56 Å². The van der Waals surface area contributed by atoms with Gasteiger partial charge in [0.05, 0.1) is 0 Å². The molecule has 0 bridgehead atoms. The van der Waals surface area contributed by atoms with Gasteiger partial charge in [-0.1, -0.05) is 29.8 Å². The number of aryl methyl sites for hydroxylation is 3. The molecule has 0 spiro atoms. The highest BCUT2D eigenvalue weighted by molar-refractivity contribution is 5.94. The van der Waals surface area contributed by atoms with Crippen molar-refractivity contribution in [3.8, 4) is 0 Å². The van der Waals surface area contributed by atoms with Crippen molar-refractivity contribution in [1.29, 1.82) is 0 Å². The lowest BCUT2D eigenvalue weighted by Crippen LogP contribution is -2.24. The van der Waals surface area contributed by atoms with Crippen LogP contribution in [0.1, 0.15) is 36.0 Å². The summed E-state index contributed by atoms with van der Waals surface area (Å²) in [6.07, 6.45) is 7.13. The van der Waals surface area contributed by atoms with Gasteiger partial charge in [-0.3, -0.25) is 4.79 Å². The maximum atomic E-state index is 12.2. The summed E-state index contributed by atoms with van der Waals surface area (Å²) in [5.74, 6) is 0.296. The third-order valence-corrected chi connectivity index (χ3v) is 3.57. The van der Waals surface area contributed by atoms with Crippen LogP contribution < -0.4 is 5.32 Å². The first-order valence-electron chi connectivity index (χ1n) is 6.61. The Morgan fingerprint density at radius 1 is 1.17 bits per heavy atom. The molecule has 2 nitrogen and oxygen atoms in total. The van der Waals surface area contributed by atoms with Crippen molar-refractivity contribution in [1.82, 2.24) is 0 Å². The first-order chi connectivity index (χ1) is 8.58. The molecule has 0 aromatic heterocycles. The molecule has 2 heteroatoms. The van der Waals surface area contributed by atoms with E-state index in [9.17, 15) is 4.79 Å². The van der Waals surface area contributed by atoms with E-state index in [1.807, 2.05) is 0 Å². The van der Waals surface area contributed by atoms with Gasteiger partial charge in [0.1, 0.15) is 0 Å². The van der Waals surface area contributed by atoms with Crippen LogP contribution in [0.4, 0.5) is 5.69 Å². The van der Waals surface area contributed by atoms with Gasteiger partial charge in [-0.05, 0) is 51.2 Å². The number of hydrogen-bond acceptors (Lipinski definition) is 1. The average molecular weight is 243 g/mol. The number of carbonyl (C=O) groups excluding carboxylic acids is 1. The van der Waals surface area contributed by atoms with E-state index in [-0.39, 0.29) is 11.8 Å². The monoisotopic (exact) mass is 243 g/mol. The van der Waals surface area contributed by atoms with Crippen molar-refractivity contribution in [3.05, 3.63) is 41.0 Å². The zero-order chi connectivity index (χ0) is 13.1. The van der Waals surface area contributed by atoms with Gasteiger partial charge in [0.15, 0.2) is 0 Å². The first-order valence-corrected chi connectivity index (χ1v) is 6.61. The van der Waals surface area contributed by atoms with Crippen molar-refractivity contribution in [2.75, 3.05) is 5.32 Å². The number of benzene rings is 1. The molecular formula is C16H21NO. The minimum Gasteiger partial charge on any atom is -0.325 e. The van der Waals surface area contributed by atoms with Crippen LogP contribution in [0.3, 0.4) is 0 Å². The third-order valence-electron chi connectivity index (χ3n) is 3.57. The zero-order valence-corrected chi connectivity index (χ0v) is 11.4. The van der Waals surface area contributed by atoms with Gasteiger partial charge in [-0.25, -0.2) is 0 Å². The van der Waals surface area contributed by atoms with E-state index < -0.39 is 0 Å². The van der Waals surface area contributed by atoms with Crippen molar-refractivity contribution in [2.24, 2.45) is 5.92 Å². The predicted octanol–water partition coefficient (Wildman–Crippen LogP) is 3.91. The molecule has 2 rings (SSSR count). The lowest BCUT2D eigenvalue weighted by molar-refractivity contribution is -0.120. The van der Waals surface area contributed by atoms with E-state index in [0.29, 0.717) is 0 Å². The molecule has 0 aliphatic heterocycles. The molecule has 1 aromatic carbocycles. The zero-order valence-electron chi connectivity index (χ0n) is 11.4. The van der Waals surface area contributed by atoms with Crippen LogP contribution in [0.25, 0.3) is 0 Å². The van der Waals surface area contributed by atoms with Crippen LogP contribution in [0.15, 0.2) is 24.3 Å². The van der Waals surface area contributed by atoms with Gasteiger partial charge in [0.25, 0.3) is 0 Å². The van der Waals surface area contributed by atoms with Gasteiger partial charge < -0.3 is 5.32 Å². The van der Waals surface area contributed by atoms with Gasteiger partial charge in [-0.2, -0.15) is 0 Å². The summed E-state index contributed by atoms with van der Waals surface area (Å²) in [4.78, 5) is 12.2. The second-order valence-corrected chi connectivity index (χ2v) is 5.24. The lowest BCUT2D eigenvalue weighted by atomic mass is 9.93. The second kappa shape index (κ2) is 5.38. The summed E-state index contributed by atoms with van der Waals surface area (Å²) in [7, 11) is 0. The minimum atomic E-state index is 0.134. The third kappa shape index (κ3) is 2.81. The average Bonchev–Trinajstić information content (AvgIpc) is 2.34. The molecule has 0 heterocycles. The summed E-state index contributed by atoms with van der Waals surface area (Å²) >= 11 is 0. The number of hydrogen-bond donors (Lipinski definition) is 1. The Morgan fingerprint density at radius 3 is 2.39 bits per heavy atom. The highest BCUT2D eigenvalue weighted by Gasteiger charge is 2.19. The fraction of sp³-hybridized carbons (Fsp3) is 0.438. The molecule has 0 fully saturated rings. The topological polar surface area (TPSA) is 29.1 Å². The van der Waals surface area contributed by atoms with Crippen LogP contribution in [-0.4, -0.2) is 5.91 Å². The van der Waals surface area contributed by atoms with Gasteiger partial charge in [-0.15, -0.1) is 0 Å².